The van der Waals surface area contributed by atoms with Crippen molar-refractivity contribution in [3.05, 3.63) is 0 Å². The van der Waals surface area contributed by atoms with Crippen molar-refractivity contribution in [3.8, 4) is 0 Å². The number of carbonyl (C=O) groups is 1. The summed E-state index contributed by atoms with van der Waals surface area (Å²) in [5.74, 6) is 0.0865. The molecular formula is C13H24N2O2. The SMILES string of the molecule is CCC1(C(=O)NC2CCCCC2O)CCCN1. The van der Waals surface area contributed by atoms with Crippen molar-refractivity contribution in [2.45, 2.75) is 69.6 Å². The van der Waals surface area contributed by atoms with Crippen LogP contribution in [-0.2, 0) is 4.79 Å². The highest BCUT2D eigenvalue weighted by Crippen LogP contribution is 2.25. The van der Waals surface area contributed by atoms with Gasteiger partial charge in [0.1, 0.15) is 0 Å². The van der Waals surface area contributed by atoms with Crippen molar-refractivity contribution in [2.75, 3.05) is 6.54 Å². The Morgan fingerprint density at radius 1 is 1.41 bits per heavy atom. The number of aliphatic hydroxyl groups excluding tert-OH is 1. The van der Waals surface area contributed by atoms with E-state index < -0.39 is 0 Å². The second kappa shape index (κ2) is 5.36. The van der Waals surface area contributed by atoms with Crippen LogP contribution in [0.15, 0.2) is 0 Å². The van der Waals surface area contributed by atoms with E-state index in [-0.39, 0.29) is 23.6 Å². The van der Waals surface area contributed by atoms with Crippen LogP contribution in [0.1, 0.15) is 51.9 Å². The third-order valence-corrected chi connectivity index (χ3v) is 4.33. The zero-order chi connectivity index (χ0) is 12.3. The summed E-state index contributed by atoms with van der Waals surface area (Å²) in [7, 11) is 0. The van der Waals surface area contributed by atoms with Crippen LogP contribution in [0, 0.1) is 0 Å². The fourth-order valence-corrected chi connectivity index (χ4v) is 3.05. The van der Waals surface area contributed by atoms with Gasteiger partial charge in [-0.25, -0.2) is 0 Å². The van der Waals surface area contributed by atoms with Crippen LogP contribution in [0.3, 0.4) is 0 Å². The fraction of sp³-hybridized carbons (Fsp3) is 0.923. The van der Waals surface area contributed by atoms with Crippen molar-refractivity contribution >= 4 is 5.91 Å². The summed E-state index contributed by atoms with van der Waals surface area (Å²) in [6, 6.07) is -0.0397. The van der Waals surface area contributed by atoms with Crippen molar-refractivity contribution in [1.29, 1.82) is 0 Å². The second-order valence-electron chi connectivity index (χ2n) is 5.40. The lowest BCUT2D eigenvalue weighted by molar-refractivity contribution is -0.129. The maximum atomic E-state index is 12.3. The highest BCUT2D eigenvalue weighted by molar-refractivity contribution is 5.87. The van der Waals surface area contributed by atoms with E-state index in [0.29, 0.717) is 0 Å². The average molecular weight is 240 g/mol. The number of hydrogen-bond acceptors (Lipinski definition) is 3. The van der Waals surface area contributed by atoms with E-state index in [4.69, 9.17) is 0 Å². The van der Waals surface area contributed by atoms with Gasteiger partial charge in [0, 0.05) is 0 Å². The van der Waals surface area contributed by atoms with Gasteiger partial charge in [-0.05, 0) is 38.6 Å². The van der Waals surface area contributed by atoms with Gasteiger partial charge in [-0.3, -0.25) is 4.79 Å². The normalized spacial score (nSPS) is 38.0. The molecule has 1 saturated carbocycles. The monoisotopic (exact) mass is 240 g/mol. The summed E-state index contributed by atoms with van der Waals surface area (Å²) in [4.78, 5) is 12.3. The quantitative estimate of drug-likeness (QED) is 0.688. The van der Waals surface area contributed by atoms with Crippen LogP contribution in [0.2, 0.25) is 0 Å². The lowest BCUT2D eigenvalue weighted by atomic mass is 9.89. The minimum absolute atomic E-state index is 0.0397. The van der Waals surface area contributed by atoms with Crippen molar-refractivity contribution in [3.63, 3.8) is 0 Å². The predicted octanol–water partition coefficient (Wildman–Crippen LogP) is 0.938. The number of carbonyl (C=O) groups excluding carboxylic acids is 1. The van der Waals surface area contributed by atoms with Crippen LogP contribution in [-0.4, -0.2) is 35.2 Å². The van der Waals surface area contributed by atoms with Crippen LogP contribution in [0.4, 0.5) is 0 Å². The molecule has 1 saturated heterocycles. The van der Waals surface area contributed by atoms with E-state index in [1.165, 1.54) is 0 Å². The number of rotatable bonds is 3. The molecule has 4 nitrogen and oxygen atoms in total. The molecule has 17 heavy (non-hydrogen) atoms. The smallest absolute Gasteiger partial charge is 0.240 e. The van der Waals surface area contributed by atoms with Crippen LogP contribution in [0.25, 0.3) is 0 Å². The van der Waals surface area contributed by atoms with E-state index in [1.54, 1.807) is 0 Å². The summed E-state index contributed by atoms with van der Waals surface area (Å²) >= 11 is 0. The van der Waals surface area contributed by atoms with Gasteiger partial charge in [-0.1, -0.05) is 19.8 Å². The molecule has 1 aliphatic heterocycles. The van der Waals surface area contributed by atoms with Gasteiger partial charge in [0.2, 0.25) is 5.91 Å². The van der Waals surface area contributed by atoms with Crippen molar-refractivity contribution in [1.82, 2.24) is 10.6 Å². The Morgan fingerprint density at radius 2 is 2.18 bits per heavy atom. The molecule has 4 heteroatoms. The Labute approximate surface area is 103 Å². The molecule has 3 N–H and O–H groups in total. The molecule has 0 aromatic carbocycles. The minimum Gasteiger partial charge on any atom is -0.391 e. The first-order chi connectivity index (χ1) is 8.18. The van der Waals surface area contributed by atoms with Crippen LogP contribution >= 0.6 is 0 Å². The summed E-state index contributed by atoms with van der Waals surface area (Å²) < 4.78 is 0. The molecule has 2 fully saturated rings. The first-order valence-corrected chi connectivity index (χ1v) is 6.92. The standard InChI is InChI=1S/C13H24N2O2/c1-2-13(8-5-9-14-13)12(17)15-10-6-3-4-7-11(10)16/h10-11,14,16H,2-9H2,1H3,(H,15,17). The van der Waals surface area contributed by atoms with Gasteiger partial charge in [-0.15, -0.1) is 0 Å². The molecule has 2 aliphatic rings. The van der Waals surface area contributed by atoms with E-state index in [2.05, 4.69) is 17.6 Å². The molecule has 0 radical (unpaired) electrons. The van der Waals surface area contributed by atoms with Crippen LogP contribution in [0.5, 0.6) is 0 Å². The fourth-order valence-electron chi connectivity index (χ4n) is 3.05. The molecule has 3 unspecified atom stereocenters. The third kappa shape index (κ3) is 2.63. The molecule has 1 amide bonds. The Hall–Kier alpha value is -0.610. The molecule has 1 heterocycles. The molecule has 3 atom stereocenters. The Bertz CT molecular complexity index is 275. The largest absolute Gasteiger partial charge is 0.391 e. The first-order valence-electron chi connectivity index (χ1n) is 6.92. The van der Waals surface area contributed by atoms with Gasteiger partial charge in [0.05, 0.1) is 17.7 Å². The maximum Gasteiger partial charge on any atom is 0.240 e. The molecule has 0 spiro atoms. The molecule has 0 aromatic heterocycles. The Morgan fingerprint density at radius 3 is 2.76 bits per heavy atom. The van der Waals surface area contributed by atoms with E-state index in [0.717, 1.165) is 51.5 Å². The zero-order valence-corrected chi connectivity index (χ0v) is 10.7. The van der Waals surface area contributed by atoms with Crippen molar-refractivity contribution in [2.24, 2.45) is 0 Å². The first kappa shape index (κ1) is 12.8. The Kier molecular flexibility index (Phi) is 4.05. The molecule has 1 aliphatic carbocycles. The van der Waals surface area contributed by atoms with Crippen molar-refractivity contribution < 1.29 is 9.90 Å². The molecule has 0 aromatic rings. The average Bonchev–Trinajstić information content (AvgIpc) is 2.82. The summed E-state index contributed by atoms with van der Waals surface area (Å²) in [5, 5.41) is 16.3. The van der Waals surface area contributed by atoms with Gasteiger partial charge < -0.3 is 15.7 Å². The lowest BCUT2D eigenvalue weighted by Crippen LogP contribution is -2.57. The van der Waals surface area contributed by atoms with Gasteiger partial charge in [0.25, 0.3) is 0 Å². The molecular weight excluding hydrogens is 216 g/mol. The maximum absolute atomic E-state index is 12.3. The lowest BCUT2D eigenvalue weighted by Gasteiger charge is -2.33. The number of aliphatic hydroxyl groups is 1. The Balaban J connectivity index is 1.95. The van der Waals surface area contributed by atoms with E-state index >= 15 is 0 Å². The molecule has 98 valence electrons. The van der Waals surface area contributed by atoms with Gasteiger partial charge in [0.15, 0.2) is 0 Å². The van der Waals surface area contributed by atoms with E-state index in [1.807, 2.05) is 0 Å². The summed E-state index contributed by atoms with van der Waals surface area (Å²) in [6.45, 7) is 2.98. The molecule has 2 rings (SSSR count). The minimum atomic E-state index is -0.378. The number of amides is 1. The summed E-state index contributed by atoms with van der Waals surface area (Å²) in [5.41, 5.74) is -0.378. The number of hydrogen-bond donors (Lipinski definition) is 3. The summed E-state index contributed by atoms with van der Waals surface area (Å²) in [6.07, 6.45) is 6.35. The second-order valence-corrected chi connectivity index (χ2v) is 5.40. The highest BCUT2D eigenvalue weighted by Gasteiger charge is 2.40. The highest BCUT2D eigenvalue weighted by atomic mass is 16.3. The topological polar surface area (TPSA) is 61.4 Å². The number of nitrogens with one attached hydrogen (secondary N) is 2. The van der Waals surface area contributed by atoms with E-state index in [9.17, 15) is 9.90 Å². The molecule has 0 bridgehead atoms. The predicted molar refractivity (Wildman–Crippen MR) is 66.7 cm³/mol. The zero-order valence-electron chi connectivity index (χ0n) is 10.7. The van der Waals surface area contributed by atoms with Gasteiger partial charge in [-0.2, -0.15) is 0 Å². The van der Waals surface area contributed by atoms with Crippen LogP contribution < -0.4 is 10.6 Å². The van der Waals surface area contributed by atoms with Gasteiger partial charge >= 0.3 is 0 Å². The third-order valence-electron chi connectivity index (χ3n) is 4.33.